The van der Waals surface area contributed by atoms with Crippen molar-refractivity contribution in [1.82, 2.24) is 4.90 Å². The number of hydrogen-bond donors (Lipinski definition) is 1. The molecule has 1 saturated carbocycles. The van der Waals surface area contributed by atoms with Gasteiger partial charge in [0.1, 0.15) is 0 Å². The van der Waals surface area contributed by atoms with Crippen molar-refractivity contribution in [3.63, 3.8) is 0 Å². The minimum Gasteiger partial charge on any atom is -0.394 e. The Morgan fingerprint density at radius 2 is 1.83 bits per heavy atom. The molecule has 2 nitrogen and oxygen atoms in total. The second kappa shape index (κ2) is 3.75. The van der Waals surface area contributed by atoms with Crippen LogP contribution in [0.3, 0.4) is 0 Å². The second-order valence-corrected chi connectivity index (χ2v) is 4.52. The minimum atomic E-state index is -0.0466. The van der Waals surface area contributed by atoms with Gasteiger partial charge in [0.15, 0.2) is 0 Å². The number of aliphatic hydroxyl groups is 1. The van der Waals surface area contributed by atoms with Crippen LogP contribution in [0.2, 0.25) is 0 Å². The quantitative estimate of drug-likeness (QED) is 0.697. The van der Waals surface area contributed by atoms with Crippen LogP contribution in [0.5, 0.6) is 0 Å². The maximum atomic E-state index is 9.18. The molecule has 0 aliphatic heterocycles. The van der Waals surface area contributed by atoms with Gasteiger partial charge in [0.25, 0.3) is 0 Å². The lowest BCUT2D eigenvalue weighted by Crippen LogP contribution is -2.48. The normalized spacial score (nSPS) is 20.8. The molecule has 1 rings (SSSR count). The Balaban J connectivity index is 2.50. The van der Waals surface area contributed by atoms with E-state index in [4.69, 9.17) is 0 Å². The first kappa shape index (κ1) is 10.0. The summed E-state index contributed by atoms with van der Waals surface area (Å²) in [6, 6.07) is 0.701. The molecule has 0 bridgehead atoms. The Hall–Kier alpha value is -0.0800. The van der Waals surface area contributed by atoms with Crippen molar-refractivity contribution in [3.05, 3.63) is 0 Å². The summed E-state index contributed by atoms with van der Waals surface area (Å²) >= 11 is 0. The smallest absolute Gasteiger partial charge is 0.0610 e. The second-order valence-electron chi connectivity index (χ2n) is 4.52. The molecule has 0 aromatic rings. The first-order chi connectivity index (χ1) is 5.58. The SMILES string of the molecule is CN(C1CCCC1)C(C)(C)CO. The van der Waals surface area contributed by atoms with Gasteiger partial charge in [-0.2, -0.15) is 0 Å². The Morgan fingerprint density at radius 1 is 1.33 bits per heavy atom. The third-order valence-corrected chi connectivity index (χ3v) is 3.21. The van der Waals surface area contributed by atoms with Gasteiger partial charge >= 0.3 is 0 Å². The zero-order chi connectivity index (χ0) is 9.19. The molecule has 0 unspecified atom stereocenters. The number of hydrogen-bond acceptors (Lipinski definition) is 2. The van der Waals surface area contributed by atoms with Gasteiger partial charge < -0.3 is 5.11 Å². The van der Waals surface area contributed by atoms with Gasteiger partial charge in [-0.05, 0) is 33.7 Å². The van der Waals surface area contributed by atoms with E-state index in [1.54, 1.807) is 0 Å². The van der Waals surface area contributed by atoms with E-state index >= 15 is 0 Å². The molecule has 0 radical (unpaired) electrons. The van der Waals surface area contributed by atoms with Gasteiger partial charge in [-0.15, -0.1) is 0 Å². The summed E-state index contributed by atoms with van der Waals surface area (Å²) in [6.45, 7) is 4.46. The average molecular weight is 171 g/mol. The summed E-state index contributed by atoms with van der Waals surface area (Å²) in [5.41, 5.74) is -0.0466. The van der Waals surface area contributed by atoms with Gasteiger partial charge in [-0.1, -0.05) is 12.8 Å². The molecule has 1 fully saturated rings. The standard InChI is InChI=1S/C10H21NO/c1-10(2,8-12)11(3)9-6-4-5-7-9/h9,12H,4-8H2,1-3H3. The largest absolute Gasteiger partial charge is 0.394 e. The van der Waals surface area contributed by atoms with Crippen LogP contribution in [0.4, 0.5) is 0 Å². The van der Waals surface area contributed by atoms with E-state index in [2.05, 4.69) is 25.8 Å². The molecule has 0 heterocycles. The Labute approximate surface area is 75.6 Å². The Morgan fingerprint density at radius 3 is 2.25 bits per heavy atom. The highest BCUT2D eigenvalue weighted by molar-refractivity contribution is 4.86. The highest BCUT2D eigenvalue weighted by atomic mass is 16.3. The van der Waals surface area contributed by atoms with Crippen LogP contribution in [-0.4, -0.2) is 35.2 Å². The fourth-order valence-corrected chi connectivity index (χ4v) is 1.90. The molecule has 0 amide bonds. The van der Waals surface area contributed by atoms with Crippen LogP contribution in [-0.2, 0) is 0 Å². The lowest BCUT2D eigenvalue weighted by atomic mass is 10.0. The zero-order valence-electron chi connectivity index (χ0n) is 8.51. The van der Waals surface area contributed by atoms with Gasteiger partial charge in [0, 0.05) is 11.6 Å². The first-order valence-electron chi connectivity index (χ1n) is 4.92. The maximum absolute atomic E-state index is 9.18. The van der Waals surface area contributed by atoms with Crippen molar-refractivity contribution < 1.29 is 5.11 Å². The molecule has 0 aromatic carbocycles. The molecule has 12 heavy (non-hydrogen) atoms. The highest BCUT2D eigenvalue weighted by Crippen LogP contribution is 2.27. The van der Waals surface area contributed by atoms with Crippen molar-refractivity contribution >= 4 is 0 Å². The van der Waals surface area contributed by atoms with Gasteiger partial charge in [-0.25, -0.2) is 0 Å². The summed E-state index contributed by atoms with van der Waals surface area (Å²) in [5.74, 6) is 0. The number of aliphatic hydroxyl groups excluding tert-OH is 1. The topological polar surface area (TPSA) is 23.5 Å². The molecule has 1 aliphatic carbocycles. The monoisotopic (exact) mass is 171 g/mol. The molecule has 2 heteroatoms. The summed E-state index contributed by atoms with van der Waals surface area (Å²) in [6.07, 6.45) is 5.33. The zero-order valence-corrected chi connectivity index (χ0v) is 8.51. The maximum Gasteiger partial charge on any atom is 0.0610 e. The van der Waals surface area contributed by atoms with Crippen LogP contribution in [0, 0.1) is 0 Å². The highest BCUT2D eigenvalue weighted by Gasteiger charge is 2.30. The molecule has 72 valence electrons. The van der Waals surface area contributed by atoms with E-state index in [0.29, 0.717) is 6.04 Å². The van der Waals surface area contributed by atoms with Crippen molar-refractivity contribution in [2.24, 2.45) is 0 Å². The summed E-state index contributed by atoms with van der Waals surface area (Å²) in [7, 11) is 2.13. The molecule has 0 saturated heterocycles. The van der Waals surface area contributed by atoms with E-state index in [0.717, 1.165) is 0 Å². The predicted octanol–water partition coefficient (Wildman–Crippen LogP) is 1.63. The van der Waals surface area contributed by atoms with E-state index in [1.165, 1.54) is 25.7 Å². The summed E-state index contributed by atoms with van der Waals surface area (Å²) in [5, 5.41) is 9.18. The first-order valence-corrected chi connectivity index (χ1v) is 4.92. The van der Waals surface area contributed by atoms with Crippen LogP contribution < -0.4 is 0 Å². The average Bonchev–Trinajstić information content (AvgIpc) is 2.55. The van der Waals surface area contributed by atoms with Gasteiger partial charge in [0.2, 0.25) is 0 Å². The molecule has 0 atom stereocenters. The fourth-order valence-electron chi connectivity index (χ4n) is 1.90. The van der Waals surface area contributed by atoms with E-state index < -0.39 is 0 Å². The summed E-state index contributed by atoms with van der Waals surface area (Å²) < 4.78 is 0. The van der Waals surface area contributed by atoms with Crippen molar-refractivity contribution in [2.45, 2.75) is 51.1 Å². The van der Waals surface area contributed by atoms with E-state index in [9.17, 15) is 5.11 Å². The summed E-state index contributed by atoms with van der Waals surface area (Å²) in [4.78, 5) is 2.33. The van der Waals surface area contributed by atoms with Gasteiger partial charge in [-0.3, -0.25) is 4.90 Å². The van der Waals surface area contributed by atoms with Crippen molar-refractivity contribution in [1.29, 1.82) is 0 Å². The van der Waals surface area contributed by atoms with Crippen molar-refractivity contribution in [2.75, 3.05) is 13.7 Å². The molecular formula is C10H21NO. The molecular weight excluding hydrogens is 150 g/mol. The number of nitrogens with zero attached hydrogens (tertiary/aromatic N) is 1. The van der Waals surface area contributed by atoms with E-state index in [1.807, 2.05) is 0 Å². The number of likely N-dealkylation sites (N-methyl/N-ethyl adjacent to an activating group) is 1. The van der Waals surface area contributed by atoms with Crippen LogP contribution in [0.1, 0.15) is 39.5 Å². The lowest BCUT2D eigenvalue weighted by molar-refractivity contribution is 0.0470. The number of rotatable bonds is 3. The van der Waals surface area contributed by atoms with Gasteiger partial charge in [0.05, 0.1) is 6.61 Å². The molecule has 0 spiro atoms. The molecule has 1 aliphatic rings. The fraction of sp³-hybridized carbons (Fsp3) is 1.00. The molecule has 0 aromatic heterocycles. The third-order valence-electron chi connectivity index (χ3n) is 3.21. The van der Waals surface area contributed by atoms with Crippen LogP contribution in [0.25, 0.3) is 0 Å². The predicted molar refractivity (Wildman–Crippen MR) is 51.2 cm³/mol. The van der Waals surface area contributed by atoms with Crippen molar-refractivity contribution in [3.8, 4) is 0 Å². The lowest BCUT2D eigenvalue weighted by Gasteiger charge is -2.38. The minimum absolute atomic E-state index is 0.0466. The van der Waals surface area contributed by atoms with Crippen LogP contribution >= 0.6 is 0 Å². The third kappa shape index (κ3) is 1.99. The Bertz CT molecular complexity index is 139. The van der Waals surface area contributed by atoms with Crippen LogP contribution in [0.15, 0.2) is 0 Å². The Kier molecular flexibility index (Phi) is 3.13. The van der Waals surface area contributed by atoms with E-state index in [-0.39, 0.29) is 12.1 Å². The molecule has 1 N–H and O–H groups in total.